The molecule has 5 rings (SSSR count). The van der Waals surface area contributed by atoms with Crippen LogP contribution in [0.5, 0.6) is 0 Å². The molecule has 1 unspecified atom stereocenters. The molecule has 1 fully saturated rings. The Labute approximate surface area is 167 Å². The average Bonchev–Trinajstić information content (AvgIpc) is 3.44. The SMILES string of the molecule is CCn1c(=O)n(CC(=O)N2CCCC2c2nc3ccccc3[nH]2)c2ccccc21. The number of nitrogens with zero attached hydrogens (tertiary/aromatic N) is 4. The number of imidazole rings is 2. The summed E-state index contributed by atoms with van der Waals surface area (Å²) in [4.78, 5) is 36.0. The summed E-state index contributed by atoms with van der Waals surface area (Å²) in [5.41, 5.74) is 3.41. The second-order valence-corrected chi connectivity index (χ2v) is 7.49. The minimum atomic E-state index is -0.137. The summed E-state index contributed by atoms with van der Waals surface area (Å²) in [6.07, 6.45) is 1.80. The van der Waals surface area contributed by atoms with Crippen LogP contribution in [0, 0.1) is 0 Å². The van der Waals surface area contributed by atoms with E-state index in [1.807, 2.05) is 60.4 Å². The quantitative estimate of drug-likeness (QED) is 0.583. The van der Waals surface area contributed by atoms with E-state index in [1.165, 1.54) is 0 Å². The molecule has 1 amide bonds. The smallest absolute Gasteiger partial charge is 0.329 e. The molecule has 2 aromatic heterocycles. The van der Waals surface area contributed by atoms with E-state index in [1.54, 1.807) is 9.13 Å². The molecular weight excluding hydrogens is 366 g/mol. The van der Waals surface area contributed by atoms with E-state index in [9.17, 15) is 9.59 Å². The van der Waals surface area contributed by atoms with Crippen LogP contribution in [-0.2, 0) is 17.9 Å². The lowest BCUT2D eigenvalue weighted by atomic mass is 10.2. The Hall–Kier alpha value is -3.35. The molecule has 7 nitrogen and oxygen atoms in total. The lowest BCUT2D eigenvalue weighted by molar-refractivity contribution is -0.132. The van der Waals surface area contributed by atoms with E-state index in [0.29, 0.717) is 13.1 Å². The van der Waals surface area contributed by atoms with Crippen LogP contribution in [0.3, 0.4) is 0 Å². The van der Waals surface area contributed by atoms with E-state index >= 15 is 0 Å². The molecular formula is C22H23N5O2. The molecule has 0 spiro atoms. The Morgan fingerprint density at radius 1 is 1.10 bits per heavy atom. The monoisotopic (exact) mass is 389 g/mol. The lowest BCUT2D eigenvalue weighted by Crippen LogP contribution is -2.36. The van der Waals surface area contributed by atoms with Crippen LogP contribution in [0.2, 0.25) is 0 Å². The zero-order valence-electron chi connectivity index (χ0n) is 16.3. The zero-order valence-corrected chi connectivity index (χ0v) is 16.3. The number of amides is 1. The number of rotatable bonds is 4. The van der Waals surface area contributed by atoms with Crippen LogP contribution < -0.4 is 5.69 Å². The van der Waals surface area contributed by atoms with Crippen LogP contribution in [0.25, 0.3) is 22.1 Å². The van der Waals surface area contributed by atoms with Gasteiger partial charge in [0.05, 0.1) is 28.1 Å². The minimum absolute atomic E-state index is 0.0447. The third-order valence-corrected chi connectivity index (χ3v) is 5.83. The van der Waals surface area contributed by atoms with Crippen LogP contribution in [0.15, 0.2) is 53.3 Å². The van der Waals surface area contributed by atoms with E-state index in [2.05, 4.69) is 4.98 Å². The molecule has 148 valence electrons. The van der Waals surface area contributed by atoms with Gasteiger partial charge in [-0.05, 0) is 44.0 Å². The third kappa shape index (κ3) is 2.85. The largest absolute Gasteiger partial charge is 0.340 e. The molecule has 1 N–H and O–H groups in total. The normalized spacial score (nSPS) is 16.9. The van der Waals surface area contributed by atoms with Crippen LogP contribution in [0.4, 0.5) is 0 Å². The van der Waals surface area contributed by atoms with Gasteiger partial charge in [-0.15, -0.1) is 0 Å². The van der Waals surface area contributed by atoms with Crippen LogP contribution in [0.1, 0.15) is 31.6 Å². The zero-order chi connectivity index (χ0) is 20.0. The average molecular weight is 389 g/mol. The third-order valence-electron chi connectivity index (χ3n) is 5.83. The number of hydrogen-bond acceptors (Lipinski definition) is 3. The van der Waals surface area contributed by atoms with Crippen LogP contribution >= 0.6 is 0 Å². The van der Waals surface area contributed by atoms with Crippen molar-refractivity contribution in [1.82, 2.24) is 24.0 Å². The maximum atomic E-state index is 13.2. The van der Waals surface area contributed by atoms with Crippen molar-refractivity contribution in [3.63, 3.8) is 0 Å². The number of nitrogens with one attached hydrogen (secondary N) is 1. The van der Waals surface area contributed by atoms with E-state index < -0.39 is 0 Å². The number of carbonyl (C=O) groups excluding carboxylic acids is 1. The van der Waals surface area contributed by atoms with Gasteiger partial charge in [0.25, 0.3) is 0 Å². The molecule has 1 aliphatic heterocycles. The van der Waals surface area contributed by atoms with Gasteiger partial charge in [-0.2, -0.15) is 0 Å². The summed E-state index contributed by atoms with van der Waals surface area (Å²) in [7, 11) is 0. The molecule has 29 heavy (non-hydrogen) atoms. The fourth-order valence-corrected chi connectivity index (χ4v) is 4.44. The number of para-hydroxylation sites is 4. The van der Waals surface area contributed by atoms with Gasteiger partial charge in [-0.3, -0.25) is 13.9 Å². The highest BCUT2D eigenvalue weighted by Crippen LogP contribution is 2.31. The van der Waals surface area contributed by atoms with Gasteiger partial charge in [-0.1, -0.05) is 24.3 Å². The van der Waals surface area contributed by atoms with Crippen molar-refractivity contribution in [3.05, 3.63) is 64.8 Å². The first-order chi connectivity index (χ1) is 14.2. The predicted molar refractivity (Wildman–Crippen MR) is 112 cm³/mol. The molecule has 1 saturated heterocycles. The standard InChI is InChI=1S/C22H23N5O2/c1-2-25-17-10-5-6-11-18(17)27(22(25)29)14-20(28)26-13-7-12-19(26)21-23-15-8-3-4-9-16(15)24-21/h3-6,8-11,19H,2,7,12-14H2,1H3,(H,23,24). The van der Waals surface area contributed by atoms with Gasteiger partial charge < -0.3 is 9.88 Å². The van der Waals surface area contributed by atoms with Crippen LogP contribution in [-0.4, -0.2) is 36.5 Å². The highest BCUT2D eigenvalue weighted by Gasteiger charge is 2.32. The first-order valence-electron chi connectivity index (χ1n) is 10.1. The maximum Gasteiger partial charge on any atom is 0.329 e. The van der Waals surface area contributed by atoms with Gasteiger partial charge in [-0.25, -0.2) is 9.78 Å². The Morgan fingerprint density at radius 2 is 1.83 bits per heavy atom. The Morgan fingerprint density at radius 3 is 2.59 bits per heavy atom. The van der Waals surface area contributed by atoms with E-state index in [4.69, 9.17) is 4.98 Å². The highest BCUT2D eigenvalue weighted by molar-refractivity contribution is 5.81. The number of fused-ring (bicyclic) bond motifs is 2. The maximum absolute atomic E-state index is 13.2. The lowest BCUT2D eigenvalue weighted by Gasteiger charge is -2.23. The summed E-state index contributed by atoms with van der Waals surface area (Å²) in [6.45, 7) is 3.24. The Balaban J connectivity index is 1.47. The molecule has 0 aliphatic carbocycles. The molecule has 0 saturated carbocycles. The number of likely N-dealkylation sites (tertiary alicyclic amines) is 1. The fourth-order valence-electron chi connectivity index (χ4n) is 4.44. The number of aromatic nitrogens is 4. The summed E-state index contributed by atoms with van der Waals surface area (Å²) in [6, 6.07) is 15.4. The highest BCUT2D eigenvalue weighted by atomic mass is 16.2. The van der Waals surface area contributed by atoms with Gasteiger partial charge >= 0.3 is 5.69 Å². The Bertz CT molecular complexity index is 1230. The minimum Gasteiger partial charge on any atom is -0.340 e. The summed E-state index contributed by atoms with van der Waals surface area (Å²) in [5, 5.41) is 0. The van der Waals surface area contributed by atoms with Gasteiger partial charge in [0.1, 0.15) is 12.4 Å². The van der Waals surface area contributed by atoms with Crippen molar-refractivity contribution in [1.29, 1.82) is 0 Å². The molecule has 2 aromatic carbocycles. The second-order valence-electron chi connectivity index (χ2n) is 7.49. The number of H-pyrrole nitrogens is 1. The molecule has 7 heteroatoms. The molecule has 4 aromatic rings. The summed E-state index contributed by atoms with van der Waals surface area (Å²) in [5.74, 6) is 0.773. The molecule has 1 aliphatic rings. The van der Waals surface area contributed by atoms with Crippen molar-refractivity contribution < 1.29 is 4.79 Å². The first-order valence-corrected chi connectivity index (χ1v) is 10.1. The summed E-state index contributed by atoms with van der Waals surface area (Å²) >= 11 is 0. The molecule has 0 bridgehead atoms. The molecule has 0 radical (unpaired) electrons. The number of aromatic amines is 1. The van der Waals surface area contributed by atoms with Crippen molar-refractivity contribution in [2.75, 3.05) is 6.54 Å². The molecule has 3 heterocycles. The fraction of sp³-hybridized carbons (Fsp3) is 0.318. The number of aryl methyl sites for hydroxylation is 1. The number of carbonyl (C=O) groups is 1. The molecule has 1 atom stereocenters. The number of benzene rings is 2. The van der Waals surface area contributed by atoms with E-state index in [0.717, 1.165) is 40.7 Å². The Kier molecular flexibility index (Phi) is 4.23. The van der Waals surface area contributed by atoms with Crippen molar-refractivity contribution >= 4 is 28.0 Å². The van der Waals surface area contributed by atoms with Gasteiger partial charge in [0, 0.05) is 13.1 Å². The van der Waals surface area contributed by atoms with Crippen molar-refractivity contribution in [3.8, 4) is 0 Å². The predicted octanol–water partition coefficient (Wildman–Crippen LogP) is 3.06. The van der Waals surface area contributed by atoms with Crippen molar-refractivity contribution in [2.45, 2.75) is 38.9 Å². The van der Waals surface area contributed by atoms with Gasteiger partial charge in [0.2, 0.25) is 5.91 Å². The van der Waals surface area contributed by atoms with E-state index in [-0.39, 0.29) is 24.2 Å². The summed E-state index contributed by atoms with van der Waals surface area (Å²) < 4.78 is 3.30. The van der Waals surface area contributed by atoms with Crippen molar-refractivity contribution in [2.24, 2.45) is 0 Å². The topological polar surface area (TPSA) is 75.9 Å². The number of hydrogen-bond donors (Lipinski definition) is 1. The first kappa shape index (κ1) is 17.7. The second kappa shape index (κ2) is 6.92. The van der Waals surface area contributed by atoms with Gasteiger partial charge in [0.15, 0.2) is 0 Å².